The van der Waals surface area contributed by atoms with E-state index in [1.165, 1.54) is 17.5 Å². The fourth-order valence-electron chi connectivity index (χ4n) is 3.08. The minimum atomic E-state index is -0.525. The third kappa shape index (κ3) is 5.17. The maximum atomic E-state index is 12.5. The van der Waals surface area contributed by atoms with Gasteiger partial charge in [0, 0.05) is 27.7 Å². The van der Waals surface area contributed by atoms with Crippen molar-refractivity contribution >= 4 is 51.1 Å². The summed E-state index contributed by atoms with van der Waals surface area (Å²) in [5, 5.41) is 16.0. The van der Waals surface area contributed by atoms with Crippen molar-refractivity contribution in [3.63, 3.8) is 0 Å². The summed E-state index contributed by atoms with van der Waals surface area (Å²) < 4.78 is 10.5. The lowest BCUT2D eigenvalue weighted by atomic mass is 10.1. The van der Waals surface area contributed by atoms with Gasteiger partial charge in [-0.2, -0.15) is 5.26 Å². The number of carbonyl (C=O) groups excluding carboxylic acids is 1. The maximum absolute atomic E-state index is 12.5. The highest BCUT2D eigenvalue weighted by molar-refractivity contribution is 7.11. The third-order valence-corrected chi connectivity index (χ3v) is 5.78. The number of nitrogens with one attached hydrogen (secondary N) is 1. The summed E-state index contributed by atoms with van der Waals surface area (Å²) in [6.45, 7) is 3.57. The van der Waals surface area contributed by atoms with Crippen molar-refractivity contribution in [3.8, 4) is 17.3 Å². The largest absolute Gasteiger partial charge is 0.459 e. The van der Waals surface area contributed by atoms with E-state index in [-0.39, 0.29) is 17.2 Å². The highest BCUT2D eigenvalue weighted by Gasteiger charge is 2.14. The molecule has 0 aliphatic carbocycles. The van der Waals surface area contributed by atoms with E-state index in [1.807, 2.05) is 0 Å². The second-order valence-electron chi connectivity index (χ2n) is 7.51. The van der Waals surface area contributed by atoms with Gasteiger partial charge in [0.1, 0.15) is 22.2 Å². The molecule has 9 heteroatoms. The van der Waals surface area contributed by atoms with E-state index in [9.17, 15) is 14.9 Å². The Balaban J connectivity index is 1.55. The predicted molar refractivity (Wildman–Crippen MR) is 133 cm³/mol. The van der Waals surface area contributed by atoms with Crippen molar-refractivity contribution in [2.45, 2.75) is 20.0 Å². The number of carbonyl (C=O) groups is 1. The van der Waals surface area contributed by atoms with Crippen LogP contribution in [0.15, 0.2) is 69.3 Å². The number of anilines is 1. The molecular formula is C25H18ClN3O4S. The maximum Gasteiger partial charge on any atom is 0.345 e. The molecule has 0 aliphatic heterocycles. The number of hydrogen-bond acceptors (Lipinski definition) is 8. The molecule has 0 amide bonds. The van der Waals surface area contributed by atoms with Gasteiger partial charge in [-0.1, -0.05) is 11.6 Å². The van der Waals surface area contributed by atoms with Crippen molar-refractivity contribution in [2.75, 3.05) is 5.32 Å². The molecule has 0 spiro atoms. The zero-order valence-corrected chi connectivity index (χ0v) is 19.7. The van der Waals surface area contributed by atoms with Gasteiger partial charge in [-0.15, -0.1) is 11.3 Å². The van der Waals surface area contributed by atoms with Crippen molar-refractivity contribution in [1.82, 2.24) is 4.98 Å². The highest BCUT2D eigenvalue weighted by atomic mass is 35.5. The minimum absolute atomic E-state index is 0.201. The fraction of sp³-hybridized carbons (Fsp3) is 0.120. The standard InChI is InChI=1S/C25H18ClN3O4S/c1-14(2)32-24(30)15-3-6-19(7-4-15)28-12-17(11-27)23-29-21(13-34-23)20-10-16-9-18(26)5-8-22(16)33-25(20)31/h3-10,12-14,28H,1-2H3/b17-12+. The summed E-state index contributed by atoms with van der Waals surface area (Å²) in [5.41, 5.74) is 1.99. The van der Waals surface area contributed by atoms with Gasteiger partial charge >= 0.3 is 11.6 Å². The third-order valence-electron chi connectivity index (χ3n) is 4.67. The molecule has 2 aromatic heterocycles. The Morgan fingerprint density at radius 1 is 1.24 bits per heavy atom. The van der Waals surface area contributed by atoms with Crippen LogP contribution < -0.4 is 10.9 Å². The molecule has 7 nitrogen and oxygen atoms in total. The summed E-state index contributed by atoms with van der Waals surface area (Å²) in [6, 6.07) is 15.5. The number of benzene rings is 2. The number of halogens is 1. The molecular weight excluding hydrogens is 474 g/mol. The number of allylic oxidation sites excluding steroid dienone is 1. The predicted octanol–water partition coefficient (Wildman–Crippen LogP) is 6.11. The first kappa shape index (κ1) is 23.2. The van der Waals surface area contributed by atoms with Crippen LogP contribution in [-0.2, 0) is 4.74 Å². The van der Waals surface area contributed by atoms with Gasteiger partial charge in [-0.3, -0.25) is 0 Å². The van der Waals surface area contributed by atoms with Crippen molar-refractivity contribution in [2.24, 2.45) is 0 Å². The van der Waals surface area contributed by atoms with Crippen LogP contribution in [0.5, 0.6) is 0 Å². The number of aromatic nitrogens is 1. The number of esters is 1. The van der Waals surface area contributed by atoms with Gasteiger partial charge in [-0.25, -0.2) is 14.6 Å². The van der Waals surface area contributed by atoms with Gasteiger partial charge in [0.15, 0.2) is 0 Å². The van der Waals surface area contributed by atoms with E-state index >= 15 is 0 Å². The second-order valence-corrected chi connectivity index (χ2v) is 8.81. The first-order chi connectivity index (χ1) is 16.3. The fourth-order valence-corrected chi connectivity index (χ4v) is 4.04. The van der Waals surface area contributed by atoms with Crippen LogP contribution in [0.25, 0.3) is 27.8 Å². The highest BCUT2D eigenvalue weighted by Crippen LogP contribution is 2.27. The first-order valence-electron chi connectivity index (χ1n) is 10.2. The van der Waals surface area contributed by atoms with Crippen LogP contribution in [0.3, 0.4) is 0 Å². The van der Waals surface area contributed by atoms with Gasteiger partial charge in [0.25, 0.3) is 0 Å². The number of nitriles is 1. The second kappa shape index (κ2) is 9.91. The van der Waals surface area contributed by atoms with Crippen LogP contribution in [0.4, 0.5) is 5.69 Å². The van der Waals surface area contributed by atoms with E-state index < -0.39 is 11.6 Å². The molecule has 0 saturated heterocycles. The van der Waals surface area contributed by atoms with Gasteiger partial charge in [0.05, 0.1) is 22.9 Å². The van der Waals surface area contributed by atoms with E-state index in [0.29, 0.717) is 37.9 Å². The molecule has 0 saturated carbocycles. The Morgan fingerprint density at radius 3 is 2.71 bits per heavy atom. The van der Waals surface area contributed by atoms with E-state index in [2.05, 4.69) is 16.4 Å². The Hall–Kier alpha value is -3.93. The Bertz CT molecular complexity index is 1500. The molecule has 4 aromatic rings. The van der Waals surface area contributed by atoms with E-state index in [1.54, 1.807) is 67.8 Å². The Kier molecular flexibility index (Phi) is 6.77. The van der Waals surface area contributed by atoms with Crippen molar-refractivity contribution < 1.29 is 13.9 Å². The Morgan fingerprint density at radius 2 is 2.00 bits per heavy atom. The normalized spacial score (nSPS) is 11.4. The molecule has 0 aliphatic rings. The smallest absolute Gasteiger partial charge is 0.345 e. The molecule has 0 radical (unpaired) electrons. The summed E-state index contributed by atoms with van der Waals surface area (Å²) in [6.07, 6.45) is 1.32. The SMILES string of the molecule is CC(C)OC(=O)c1ccc(N/C=C(\C#N)c2nc(-c3cc4cc(Cl)ccc4oc3=O)cs2)cc1. The molecule has 2 heterocycles. The number of fused-ring (bicyclic) bond motifs is 1. The van der Waals surface area contributed by atoms with E-state index in [4.69, 9.17) is 20.8 Å². The number of rotatable bonds is 6. The van der Waals surface area contributed by atoms with Crippen molar-refractivity contribution in [1.29, 1.82) is 5.26 Å². The number of hydrogen-bond donors (Lipinski definition) is 1. The van der Waals surface area contributed by atoms with Crippen LogP contribution in [0, 0.1) is 11.3 Å². The van der Waals surface area contributed by atoms with E-state index in [0.717, 1.165) is 0 Å². The molecule has 170 valence electrons. The number of nitrogens with zero attached hydrogens (tertiary/aromatic N) is 2. The molecule has 1 N–H and O–H groups in total. The van der Waals surface area contributed by atoms with Crippen LogP contribution >= 0.6 is 22.9 Å². The lowest BCUT2D eigenvalue weighted by Crippen LogP contribution is -2.11. The van der Waals surface area contributed by atoms with Gasteiger partial charge in [-0.05, 0) is 62.4 Å². The average molecular weight is 492 g/mol. The summed E-state index contributed by atoms with van der Waals surface area (Å²) in [7, 11) is 0. The summed E-state index contributed by atoms with van der Waals surface area (Å²) in [4.78, 5) is 28.9. The van der Waals surface area contributed by atoms with Gasteiger partial charge < -0.3 is 14.5 Å². The van der Waals surface area contributed by atoms with Crippen LogP contribution in [0.1, 0.15) is 29.2 Å². The molecule has 0 fully saturated rings. The van der Waals surface area contributed by atoms with Crippen LogP contribution in [0.2, 0.25) is 5.02 Å². The molecule has 0 unspecified atom stereocenters. The van der Waals surface area contributed by atoms with Gasteiger partial charge in [0.2, 0.25) is 0 Å². The number of thiazole rings is 1. The quantitative estimate of drug-likeness (QED) is 0.197. The van der Waals surface area contributed by atoms with Crippen LogP contribution in [-0.4, -0.2) is 17.1 Å². The average Bonchev–Trinajstić information content (AvgIpc) is 3.29. The molecule has 0 atom stereocenters. The molecule has 34 heavy (non-hydrogen) atoms. The zero-order chi connectivity index (χ0) is 24.2. The Labute approximate surface area is 203 Å². The molecule has 4 rings (SSSR count). The molecule has 0 bridgehead atoms. The summed E-state index contributed by atoms with van der Waals surface area (Å²) >= 11 is 7.28. The lowest BCUT2D eigenvalue weighted by molar-refractivity contribution is 0.0378. The summed E-state index contributed by atoms with van der Waals surface area (Å²) in [5.74, 6) is -0.398. The number of ether oxygens (including phenoxy) is 1. The molecule has 2 aromatic carbocycles. The monoisotopic (exact) mass is 491 g/mol. The lowest BCUT2D eigenvalue weighted by Gasteiger charge is -2.08. The first-order valence-corrected chi connectivity index (χ1v) is 11.5. The topological polar surface area (TPSA) is 105 Å². The van der Waals surface area contributed by atoms with Crippen molar-refractivity contribution in [3.05, 3.63) is 86.1 Å². The zero-order valence-electron chi connectivity index (χ0n) is 18.2. The minimum Gasteiger partial charge on any atom is -0.459 e.